The number of carbonyl (C=O) groups is 2. The molecule has 0 spiro atoms. The highest BCUT2D eigenvalue weighted by molar-refractivity contribution is 7.90. The van der Waals surface area contributed by atoms with Crippen molar-refractivity contribution >= 4 is 21.7 Å². The number of hydrogen-bond acceptors (Lipinski definition) is 4. The van der Waals surface area contributed by atoms with Crippen LogP contribution >= 0.6 is 0 Å². The van der Waals surface area contributed by atoms with Crippen molar-refractivity contribution in [2.24, 2.45) is 0 Å². The Morgan fingerprint density at radius 2 is 1.50 bits per heavy atom. The summed E-state index contributed by atoms with van der Waals surface area (Å²) >= 11 is 0. The average Bonchev–Trinajstić information content (AvgIpc) is 2.58. The zero-order chi connectivity index (χ0) is 17.7. The molecule has 6 nitrogen and oxygen atoms in total. The molecule has 0 aliphatic rings. The summed E-state index contributed by atoms with van der Waals surface area (Å²) in [5.74, 6) is -1.18. The molecule has 0 aromatic heterocycles. The average molecular weight is 346 g/mol. The lowest BCUT2D eigenvalue weighted by molar-refractivity contribution is 0.0845. The van der Waals surface area contributed by atoms with Gasteiger partial charge in [-0.3, -0.25) is 20.4 Å². The largest absolute Gasteiger partial charge is 0.271 e. The van der Waals surface area contributed by atoms with Crippen LogP contribution in [0.1, 0.15) is 33.2 Å². The van der Waals surface area contributed by atoms with Crippen LogP contribution in [0.25, 0.3) is 0 Å². The molecule has 2 aromatic rings. The second kappa shape index (κ2) is 7.27. The molecule has 2 rings (SSSR count). The van der Waals surface area contributed by atoms with Crippen molar-refractivity contribution in [2.75, 3.05) is 6.26 Å². The van der Waals surface area contributed by atoms with E-state index < -0.39 is 21.7 Å². The highest BCUT2D eigenvalue weighted by Gasteiger charge is 2.18. The van der Waals surface area contributed by atoms with E-state index in [1.165, 1.54) is 18.2 Å². The third-order valence-electron chi connectivity index (χ3n) is 3.45. The van der Waals surface area contributed by atoms with Gasteiger partial charge in [0.1, 0.15) is 0 Å². The van der Waals surface area contributed by atoms with Crippen molar-refractivity contribution in [1.82, 2.24) is 10.9 Å². The summed E-state index contributed by atoms with van der Waals surface area (Å²) in [6.07, 6.45) is 1.88. The smallest absolute Gasteiger partial charge is 0.267 e. The van der Waals surface area contributed by atoms with Gasteiger partial charge in [0.05, 0.1) is 10.5 Å². The molecule has 0 aliphatic carbocycles. The molecule has 2 aromatic carbocycles. The van der Waals surface area contributed by atoms with Crippen molar-refractivity contribution in [3.8, 4) is 0 Å². The molecule has 0 unspecified atom stereocenters. The van der Waals surface area contributed by atoms with Gasteiger partial charge in [-0.25, -0.2) is 8.42 Å². The third kappa shape index (κ3) is 4.20. The molecular formula is C17H18N2O4S. The first kappa shape index (κ1) is 17.7. The number of sulfone groups is 1. The van der Waals surface area contributed by atoms with Crippen LogP contribution in [0.4, 0.5) is 0 Å². The van der Waals surface area contributed by atoms with Crippen LogP contribution in [0.3, 0.4) is 0 Å². The monoisotopic (exact) mass is 346 g/mol. The minimum absolute atomic E-state index is 0.0263. The fourth-order valence-electron chi connectivity index (χ4n) is 2.12. The van der Waals surface area contributed by atoms with E-state index in [-0.39, 0.29) is 10.5 Å². The maximum atomic E-state index is 12.2. The Morgan fingerprint density at radius 1 is 0.917 bits per heavy atom. The van der Waals surface area contributed by atoms with Gasteiger partial charge in [-0.1, -0.05) is 31.2 Å². The highest BCUT2D eigenvalue weighted by Crippen LogP contribution is 2.14. The van der Waals surface area contributed by atoms with Crippen molar-refractivity contribution in [3.63, 3.8) is 0 Å². The second-order valence-corrected chi connectivity index (χ2v) is 7.21. The molecule has 7 heteroatoms. The van der Waals surface area contributed by atoms with Gasteiger partial charge in [0.25, 0.3) is 11.8 Å². The Morgan fingerprint density at radius 3 is 2.08 bits per heavy atom. The standard InChI is InChI=1S/C17H18N2O4S/c1-3-12-8-10-13(11-9-12)16(20)18-19-17(21)14-6-4-5-7-15(14)24(2,22)23/h4-11H,3H2,1-2H3,(H,18,20)(H,19,21). The Balaban J connectivity index is 2.09. The first-order chi connectivity index (χ1) is 11.3. The van der Waals surface area contributed by atoms with E-state index in [1.54, 1.807) is 18.2 Å². The first-order valence-electron chi connectivity index (χ1n) is 7.31. The van der Waals surface area contributed by atoms with Gasteiger partial charge in [0.15, 0.2) is 9.84 Å². The zero-order valence-corrected chi connectivity index (χ0v) is 14.2. The van der Waals surface area contributed by atoms with Gasteiger partial charge in [0.2, 0.25) is 0 Å². The van der Waals surface area contributed by atoms with Crippen LogP contribution < -0.4 is 10.9 Å². The van der Waals surface area contributed by atoms with Gasteiger partial charge in [-0.2, -0.15) is 0 Å². The molecule has 0 saturated carbocycles. The fraction of sp³-hybridized carbons (Fsp3) is 0.176. The number of hydrazine groups is 1. The lowest BCUT2D eigenvalue weighted by atomic mass is 10.1. The summed E-state index contributed by atoms with van der Waals surface area (Å²) in [5.41, 5.74) is 5.98. The van der Waals surface area contributed by atoms with Crippen molar-refractivity contribution in [1.29, 1.82) is 0 Å². The number of carbonyl (C=O) groups excluding carboxylic acids is 2. The van der Waals surface area contributed by atoms with Crippen molar-refractivity contribution in [3.05, 3.63) is 65.2 Å². The summed E-state index contributed by atoms with van der Waals surface area (Å²) in [6, 6.07) is 12.8. The van der Waals surface area contributed by atoms with Crippen LogP contribution in [0.2, 0.25) is 0 Å². The SMILES string of the molecule is CCc1ccc(C(=O)NNC(=O)c2ccccc2S(C)(=O)=O)cc1. The van der Waals surface area contributed by atoms with E-state index in [9.17, 15) is 18.0 Å². The summed E-state index contributed by atoms with van der Waals surface area (Å²) in [6.45, 7) is 2.01. The van der Waals surface area contributed by atoms with Gasteiger partial charge in [-0.05, 0) is 36.2 Å². The molecule has 0 radical (unpaired) electrons. The van der Waals surface area contributed by atoms with E-state index in [2.05, 4.69) is 10.9 Å². The quantitative estimate of drug-likeness (QED) is 0.825. The van der Waals surface area contributed by atoms with E-state index in [1.807, 2.05) is 19.1 Å². The Labute approximate surface area is 140 Å². The Hall–Kier alpha value is -2.67. The predicted molar refractivity (Wildman–Crippen MR) is 90.3 cm³/mol. The van der Waals surface area contributed by atoms with Crippen LogP contribution in [0.5, 0.6) is 0 Å². The minimum Gasteiger partial charge on any atom is -0.267 e. The van der Waals surface area contributed by atoms with Gasteiger partial charge in [-0.15, -0.1) is 0 Å². The van der Waals surface area contributed by atoms with Crippen LogP contribution in [-0.2, 0) is 16.3 Å². The zero-order valence-electron chi connectivity index (χ0n) is 13.4. The molecule has 2 N–H and O–H groups in total. The van der Waals surface area contributed by atoms with Gasteiger partial charge >= 0.3 is 0 Å². The molecule has 0 heterocycles. The fourth-order valence-corrected chi connectivity index (χ4v) is 3.01. The lowest BCUT2D eigenvalue weighted by Crippen LogP contribution is -2.42. The molecule has 126 valence electrons. The number of rotatable bonds is 4. The lowest BCUT2D eigenvalue weighted by Gasteiger charge is -2.10. The number of aryl methyl sites for hydroxylation is 1. The molecule has 0 saturated heterocycles. The van der Waals surface area contributed by atoms with Crippen LogP contribution in [-0.4, -0.2) is 26.5 Å². The van der Waals surface area contributed by atoms with Gasteiger partial charge in [0, 0.05) is 11.8 Å². The summed E-state index contributed by atoms with van der Waals surface area (Å²) in [4.78, 5) is 24.1. The first-order valence-corrected chi connectivity index (χ1v) is 9.20. The van der Waals surface area contributed by atoms with E-state index in [0.29, 0.717) is 5.56 Å². The predicted octanol–water partition coefficient (Wildman–Crippen LogP) is 1.73. The summed E-state index contributed by atoms with van der Waals surface area (Å²) in [7, 11) is -3.55. The maximum absolute atomic E-state index is 12.2. The number of nitrogens with one attached hydrogen (secondary N) is 2. The Kier molecular flexibility index (Phi) is 5.35. The molecule has 2 amide bonds. The van der Waals surface area contributed by atoms with E-state index in [4.69, 9.17) is 0 Å². The molecule has 24 heavy (non-hydrogen) atoms. The van der Waals surface area contributed by atoms with E-state index >= 15 is 0 Å². The molecule has 0 aliphatic heterocycles. The second-order valence-electron chi connectivity index (χ2n) is 5.23. The van der Waals surface area contributed by atoms with Crippen molar-refractivity contribution < 1.29 is 18.0 Å². The minimum atomic E-state index is -3.55. The van der Waals surface area contributed by atoms with E-state index in [0.717, 1.165) is 18.2 Å². The molecule has 0 bridgehead atoms. The number of amides is 2. The van der Waals surface area contributed by atoms with Gasteiger partial charge < -0.3 is 0 Å². The maximum Gasteiger partial charge on any atom is 0.271 e. The third-order valence-corrected chi connectivity index (χ3v) is 4.60. The molecule has 0 atom stereocenters. The van der Waals surface area contributed by atoms with Crippen molar-refractivity contribution in [2.45, 2.75) is 18.2 Å². The molecule has 0 fully saturated rings. The van der Waals surface area contributed by atoms with Crippen LogP contribution in [0.15, 0.2) is 53.4 Å². The molecular weight excluding hydrogens is 328 g/mol. The number of benzene rings is 2. The summed E-state index contributed by atoms with van der Waals surface area (Å²) in [5, 5.41) is 0. The van der Waals surface area contributed by atoms with Crippen LogP contribution in [0, 0.1) is 0 Å². The topological polar surface area (TPSA) is 92.3 Å². The summed E-state index contributed by atoms with van der Waals surface area (Å²) < 4.78 is 23.4. The normalized spacial score (nSPS) is 10.9. The Bertz CT molecular complexity index is 858. The number of hydrogen-bond donors (Lipinski definition) is 2. The highest BCUT2D eigenvalue weighted by atomic mass is 32.2.